The van der Waals surface area contributed by atoms with E-state index >= 15 is 4.39 Å². The lowest BCUT2D eigenvalue weighted by atomic mass is 10.1. The van der Waals surface area contributed by atoms with Gasteiger partial charge in [-0.2, -0.15) is 17.5 Å². The fourth-order valence-electron chi connectivity index (χ4n) is 4.32. The number of hydrogen-bond donors (Lipinski definition) is 1. The van der Waals surface area contributed by atoms with E-state index in [9.17, 15) is 21.6 Å². The third kappa shape index (κ3) is 4.62. The van der Waals surface area contributed by atoms with Gasteiger partial charge < -0.3 is 14.6 Å². The van der Waals surface area contributed by atoms with Crippen LogP contribution in [0.5, 0.6) is 0 Å². The monoisotopic (exact) mass is 476 g/mol. The second-order valence-corrected chi connectivity index (χ2v) is 10.0. The van der Waals surface area contributed by atoms with E-state index in [1.807, 2.05) is 0 Å². The third-order valence-electron chi connectivity index (χ3n) is 5.91. The standard InChI is InChI=1S/C20H24F4N4O3S/c21-18-7-3-4-14-9-27(32(29,30)20(22,23)24)11-16(12-31-17-5-1-2-6-17)28(19(14)18)10-15-8-25-13-26-15/h3-4,7-8,13,16-17H,1-2,5-6,9-12H2,(H,25,26)/t16-/m0/s1. The van der Waals surface area contributed by atoms with Crippen molar-refractivity contribution in [3.8, 4) is 0 Å². The Labute approximate surface area is 183 Å². The summed E-state index contributed by atoms with van der Waals surface area (Å²) in [6, 6.07) is 3.17. The number of H-pyrrole nitrogens is 1. The number of rotatable bonds is 6. The number of anilines is 1. The van der Waals surface area contributed by atoms with Crippen LogP contribution in [0.2, 0.25) is 0 Å². The SMILES string of the molecule is O=S(=O)(N1Cc2cccc(F)c2N(Cc2cnc[nH]2)[C@H](COC2CCCC2)C1)C(F)(F)F. The van der Waals surface area contributed by atoms with Crippen molar-refractivity contribution in [3.63, 3.8) is 0 Å². The summed E-state index contributed by atoms with van der Waals surface area (Å²) in [5.74, 6) is -0.640. The number of para-hydroxylation sites is 1. The van der Waals surface area contributed by atoms with Crippen LogP contribution in [0.15, 0.2) is 30.7 Å². The van der Waals surface area contributed by atoms with Crippen LogP contribution in [0, 0.1) is 5.82 Å². The largest absolute Gasteiger partial charge is 0.511 e. The second kappa shape index (κ2) is 8.99. The lowest BCUT2D eigenvalue weighted by molar-refractivity contribution is -0.0495. The Bertz CT molecular complexity index is 1020. The smallest absolute Gasteiger partial charge is 0.376 e. The summed E-state index contributed by atoms with van der Waals surface area (Å²) in [6.45, 7) is -1.01. The normalized spacial score (nSPS) is 21.0. The van der Waals surface area contributed by atoms with Gasteiger partial charge in [-0.05, 0) is 24.5 Å². The highest BCUT2D eigenvalue weighted by Gasteiger charge is 2.51. The lowest BCUT2D eigenvalue weighted by Gasteiger charge is -2.34. The predicted octanol–water partition coefficient (Wildman–Crippen LogP) is 3.55. The summed E-state index contributed by atoms with van der Waals surface area (Å²) in [5.41, 5.74) is -4.63. The lowest BCUT2D eigenvalue weighted by Crippen LogP contribution is -2.49. The molecule has 1 aromatic carbocycles. The number of sulfonamides is 1. The Kier molecular flexibility index (Phi) is 6.46. The fraction of sp³-hybridized carbons (Fsp3) is 0.550. The van der Waals surface area contributed by atoms with Crippen LogP contribution in [0.4, 0.5) is 23.2 Å². The van der Waals surface area contributed by atoms with E-state index in [1.165, 1.54) is 30.7 Å². The molecule has 1 fully saturated rings. The maximum absolute atomic E-state index is 15.0. The van der Waals surface area contributed by atoms with Gasteiger partial charge in [-0.15, -0.1) is 0 Å². The average Bonchev–Trinajstić information content (AvgIpc) is 3.39. The van der Waals surface area contributed by atoms with Crippen molar-refractivity contribution in [3.05, 3.63) is 47.8 Å². The van der Waals surface area contributed by atoms with Gasteiger partial charge >= 0.3 is 15.5 Å². The fourth-order valence-corrected chi connectivity index (χ4v) is 5.29. The highest BCUT2D eigenvalue weighted by molar-refractivity contribution is 7.89. The molecule has 0 unspecified atom stereocenters. The van der Waals surface area contributed by atoms with Crippen LogP contribution < -0.4 is 4.90 Å². The third-order valence-corrected chi connectivity index (χ3v) is 7.46. The van der Waals surface area contributed by atoms with Crippen molar-refractivity contribution < 1.29 is 30.7 Å². The molecule has 32 heavy (non-hydrogen) atoms. The van der Waals surface area contributed by atoms with Crippen molar-refractivity contribution in [1.82, 2.24) is 14.3 Å². The Morgan fingerprint density at radius 1 is 1.22 bits per heavy atom. The summed E-state index contributed by atoms with van der Waals surface area (Å²) >= 11 is 0. The minimum absolute atomic E-state index is 0.0313. The Hall–Kier alpha value is -2.18. The van der Waals surface area contributed by atoms with Crippen molar-refractivity contribution in [2.24, 2.45) is 0 Å². The molecule has 0 radical (unpaired) electrons. The van der Waals surface area contributed by atoms with E-state index < -0.39 is 40.5 Å². The Morgan fingerprint density at radius 2 is 1.97 bits per heavy atom. The molecule has 0 spiro atoms. The van der Waals surface area contributed by atoms with E-state index in [0.717, 1.165) is 25.7 Å². The maximum atomic E-state index is 15.0. The average molecular weight is 476 g/mol. The molecule has 7 nitrogen and oxygen atoms in total. The first-order valence-electron chi connectivity index (χ1n) is 10.4. The molecule has 1 aliphatic heterocycles. The van der Waals surface area contributed by atoms with E-state index in [0.29, 0.717) is 10.00 Å². The van der Waals surface area contributed by atoms with Crippen LogP contribution in [0.25, 0.3) is 0 Å². The number of nitrogens with one attached hydrogen (secondary N) is 1. The molecule has 1 aromatic heterocycles. The van der Waals surface area contributed by atoms with Gasteiger partial charge in [-0.1, -0.05) is 25.0 Å². The highest BCUT2D eigenvalue weighted by Crippen LogP contribution is 2.36. The number of imidazole rings is 1. The van der Waals surface area contributed by atoms with E-state index in [4.69, 9.17) is 4.74 Å². The molecule has 2 aliphatic rings. The number of halogens is 4. The zero-order chi connectivity index (χ0) is 22.9. The summed E-state index contributed by atoms with van der Waals surface area (Å²) in [4.78, 5) is 8.44. The first-order valence-corrected chi connectivity index (χ1v) is 11.8. The number of fused-ring (bicyclic) bond motifs is 1. The Morgan fingerprint density at radius 3 is 2.62 bits per heavy atom. The molecular weight excluding hydrogens is 452 g/mol. The number of alkyl halides is 3. The van der Waals surface area contributed by atoms with E-state index in [1.54, 1.807) is 4.90 Å². The molecule has 2 heterocycles. The number of benzene rings is 1. The predicted molar refractivity (Wildman–Crippen MR) is 109 cm³/mol. The molecule has 0 bridgehead atoms. The quantitative estimate of drug-likeness (QED) is 0.646. The van der Waals surface area contributed by atoms with Gasteiger partial charge in [0.1, 0.15) is 5.82 Å². The first kappa shape index (κ1) is 23.0. The summed E-state index contributed by atoms with van der Waals surface area (Å²) < 4.78 is 86.2. The second-order valence-electron chi connectivity index (χ2n) is 8.09. The molecule has 1 saturated carbocycles. The van der Waals surface area contributed by atoms with Crippen LogP contribution in [-0.2, 0) is 27.8 Å². The van der Waals surface area contributed by atoms with Gasteiger partial charge in [-0.3, -0.25) is 0 Å². The minimum Gasteiger partial charge on any atom is -0.376 e. The zero-order valence-corrected chi connectivity index (χ0v) is 18.0. The molecule has 4 rings (SSSR count). The maximum Gasteiger partial charge on any atom is 0.511 e. The van der Waals surface area contributed by atoms with Crippen LogP contribution in [0.3, 0.4) is 0 Å². The van der Waals surface area contributed by atoms with Gasteiger partial charge in [0.25, 0.3) is 0 Å². The van der Waals surface area contributed by atoms with E-state index in [-0.39, 0.29) is 30.5 Å². The number of aromatic nitrogens is 2. The van der Waals surface area contributed by atoms with Crippen LogP contribution in [-0.4, -0.2) is 53.5 Å². The van der Waals surface area contributed by atoms with E-state index in [2.05, 4.69) is 9.97 Å². The number of hydrogen-bond acceptors (Lipinski definition) is 5. The molecule has 0 saturated heterocycles. The molecular formula is C20H24F4N4O3S. The molecule has 1 N–H and O–H groups in total. The minimum atomic E-state index is -5.63. The van der Waals surface area contributed by atoms with Gasteiger partial charge in [0.15, 0.2) is 0 Å². The molecule has 0 amide bonds. The van der Waals surface area contributed by atoms with Gasteiger partial charge in [0.05, 0.1) is 43.0 Å². The van der Waals surface area contributed by atoms with Gasteiger partial charge in [0.2, 0.25) is 0 Å². The number of nitrogens with zero attached hydrogens (tertiary/aromatic N) is 3. The van der Waals surface area contributed by atoms with Crippen molar-refractivity contribution in [2.45, 2.75) is 56.4 Å². The summed E-state index contributed by atoms with van der Waals surface area (Å²) in [5, 5.41) is 0. The van der Waals surface area contributed by atoms with Crippen LogP contribution >= 0.6 is 0 Å². The molecule has 1 aliphatic carbocycles. The molecule has 176 valence electrons. The van der Waals surface area contributed by atoms with Crippen molar-refractivity contribution >= 4 is 15.7 Å². The topological polar surface area (TPSA) is 78.5 Å². The summed E-state index contributed by atoms with van der Waals surface area (Å²) in [6.07, 6.45) is 6.61. The molecule has 12 heteroatoms. The van der Waals surface area contributed by atoms with Crippen LogP contribution in [0.1, 0.15) is 36.9 Å². The molecule has 1 atom stereocenters. The highest BCUT2D eigenvalue weighted by atomic mass is 32.2. The number of ether oxygens (including phenoxy) is 1. The van der Waals surface area contributed by atoms with Gasteiger partial charge in [0, 0.05) is 19.3 Å². The van der Waals surface area contributed by atoms with Crippen molar-refractivity contribution in [1.29, 1.82) is 0 Å². The summed E-state index contributed by atoms with van der Waals surface area (Å²) in [7, 11) is -5.63. The Balaban J connectivity index is 1.74. The van der Waals surface area contributed by atoms with Gasteiger partial charge in [-0.25, -0.2) is 17.8 Å². The number of aromatic amines is 1. The first-order chi connectivity index (χ1) is 15.2. The zero-order valence-electron chi connectivity index (χ0n) is 17.2. The van der Waals surface area contributed by atoms with Crippen molar-refractivity contribution in [2.75, 3.05) is 18.1 Å². The molecule has 2 aromatic rings.